The van der Waals surface area contributed by atoms with Crippen molar-refractivity contribution in [1.29, 1.82) is 0 Å². The Balaban J connectivity index is 1.85. The number of nitrogens with zero attached hydrogens (tertiary/aromatic N) is 3. The number of benzene rings is 1. The molecule has 3 heteroatoms. The van der Waals surface area contributed by atoms with Crippen molar-refractivity contribution in [1.82, 2.24) is 0 Å². The van der Waals surface area contributed by atoms with Gasteiger partial charge in [-0.3, -0.25) is 0 Å². The van der Waals surface area contributed by atoms with E-state index >= 15 is 0 Å². The highest BCUT2D eigenvalue weighted by Crippen LogP contribution is 2.32. The summed E-state index contributed by atoms with van der Waals surface area (Å²) < 4.78 is 0. The molecule has 1 atom stereocenters. The minimum absolute atomic E-state index is 0.352. The van der Waals surface area contributed by atoms with Gasteiger partial charge in [0.25, 0.3) is 0 Å². The van der Waals surface area contributed by atoms with Gasteiger partial charge in [0, 0.05) is 0 Å². The first-order valence-electron chi connectivity index (χ1n) is 6.91. The molecule has 18 heavy (non-hydrogen) atoms. The van der Waals surface area contributed by atoms with Gasteiger partial charge in [-0.25, -0.2) is 5.01 Å². The molecule has 0 amide bonds. The molecule has 1 aromatic rings. The number of allylic oxidation sites excluding steroid dienone is 1. The number of fused-ring (bicyclic) bond motifs is 1. The Morgan fingerprint density at radius 1 is 1.00 bits per heavy atom. The van der Waals surface area contributed by atoms with E-state index in [1.807, 2.05) is 6.07 Å². The lowest BCUT2D eigenvalue weighted by molar-refractivity contribution is 0.581. The van der Waals surface area contributed by atoms with Gasteiger partial charge in [-0.15, -0.1) is 5.11 Å². The summed E-state index contributed by atoms with van der Waals surface area (Å²) in [6, 6.07) is 10.7. The first-order chi connectivity index (χ1) is 8.95. The van der Waals surface area contributed by atoms with Crippen molar-refractivity contribution in [3.63, 3.8) is 0 Å². The Morgan fingerprint density at radius 2 is 1.83 bits per heavy atom. The van der Waals surface area contributed by atoms with Gasteiger partial charge < -0.3 is 0 Å². The number of hydrogen-bond acceptors (Lipinski definition) is 3. The first-order valence-corrected chi connectivity index (χ1v) is 6.91. The molecule has 1 heterocycles. The second-order valence-electron chi connectivity index (χ2n) is 5.01. The molecule has 0 saturated carbocycles. The largest absolute Gasteiger partial charge is 0.238 e. The highest BCUT2D eigenvalue weighted by Gasteiger charge is 2.28. The number of rotatable bonds is 1. The topological polar surface area (TPSA) is 28.0 Å². The van der Waals surface area contributed by atoms with Crippen molar-refractivity contribution >= 4 is 5.69 Å². The maximum Gasteiger partial charge on any atom is 0.0979 e. The smallest absolute Gasteiger partial charge is 0.0979 e. The lowest BCUT2D eigenvalue weighted by Gasteiger charge is -2.22. The van der Waals surface area contributed by atoms with E-state index in [0.717, 1.165) is 18.5 Å². The average molecular weight is 241 g/mol. The Kier molecular flexibility index (Phi) is 3.40. The molecule has 0 saturated heterocycles. The van der Waals surface area contributed by atoms with E-state index in [9.17, 15) is 0 Å². The van der Waals surface area contributed by atoms with E-state index < -0.39 is 0 Å². The Labute approximate surface area is 108 Å². The predicted molar refractivity (Wildman–Crippen MR) is 73.4 cm³/mol. The van der Waals surface area contributed by atoms with Crippen LogP contribution in [0.15, 0.2) is 52.4 Å². The van der Waals surface area contributed by atoms with Crippen molar-refractivity contribution in [2.24, 2.45) is 10.3 Å². The third-order valence-electron chi connectivity index (χ3n) is 3.70. The van der Waals surface area contributed by atoms with E-state index in [-0.39, 0.29) is 0 Å². The molecule has 0 N–H and O–H groups in total. The maximum atomic E-state index is 4.37. The van der Waals surface area contributed by atoms with Gasteiger partial charge in [0.15, 0.2) is 0 Å². The summed E-state index contributed by atoms with van der Waals surface area (Å²) in [5, 5.41) is 10.8. The lowest BCUT2D eigenvalue weighted by Crippen LogP contribution is -2.27. The Morgan fingerprint density at radius 3 is 2.72 bits per heavy atom. The summed E-state index contributed by atoms with van der Waals surface area (Å²) in [7, 11) is 0. The van der Waals surface area contributed by atoms with Crippen molar-refractivity contribution in [3.05, 3.63) is 42.1 Å². The highest BCUT2D eigenvalue weighted by atomic mass is 15.6. The minimum Gasteiger partial charge on any atom is -0.238 e. The van der Waals surface area contributed by atoms with Crippen LogP contribution < -0.4 is 5.01 Å². The van der Waals surface area contributed by atoms with Crippen LogP contribution in [0, 0.1) is 0 Å². The van der Waals surface area contributed by atoms with Gasteiger partial charge >= 0.3 is 0 Å². The van der Waals surface area contributed by atoms with Crippen LogP contribution in [-0.4, -0.2) is 6.04 Å². The quantitative estimate of drug-likeness (QED) is 0.712. The van der Waals surface area contributed by atoms with Crippen LogP contribution in [0.5, 0.6) is 0 Å². The summed E-state index contributed by atoms with van der Waals surface area (Å²) >= 11 is 0. The summed E-state index contributed by atoms with van der Waals surface area (Å²) in [6.45, 7) is 0. The molecule has 3 rings (SSSR count). The fourth-order valence-electron chi connectivity index (χ4n) is 2.70. The lowest BCUT2D eigenvalue weighted by atomic mass is 10.1. The van der Waals surface area contributed by atoms with E-state index in [1.54, 1.807) is 0 Å². The predicted octanol–water partition coefficient (Wildman–Crippen LogP) is 4.48. The SMILES string of the molecule is C1=C2/N=NN(c3ccccc3)[C@H]2CCCCCC/1. The van der Waals surface area contributed by atoms with Crippen molar-refractivity contribution in [2.45, 2.75) is 44.6 Å². The highest BCUT2D eigenvalue weighted by molar-refractivity contribution is 5.49. The average Bonchev–Trinajstić information content (AvgIpc) is 2.84. The van der Waals surface area contributed by atoms with Gasteiger partial charge in [-0.2, -0.15) is 0 Å². The third-order valence-corrected chi connectivity index (χ3v) is 3.70. The first kappa shape index (κ1) is 11.5. The fourth-order valence-corrected chi connectivity index (χ4v) is 2.70. The molecule has 3 nitrogen and oxygen atoms in total. The summed E-state index contributed by atoms with van der Waals surface area (Å²) in [6.07, 6.45) is 9.83. The molecule has 1 aromatic carbocycles. The molecule has 0 unspecified atom stereocenters. The van der Waals surface area contributed by atoms with Crippen molar-refractivity contribution in [3.8, 4) is 0 Å². The number of anilines is 1. The van der Waals surface area contributed by atoms with Crippen LogP contribution >= 0.6 is 0 Å². The van der Waals surface area contributed by atoms with Gasteiger partial charge in [0.1, 0.15) is 0 Å². The third kappa shape index (κ3) is 2.30. The number of hydrogen-bond donors (Lipinski definition) is 0. The minimum atomic E-state index is 0.352. The molecule has 1 aliphatic heterocycles. The second kappa shape index (κ2) is 5.34. The molecule has 2 aliphatic rings. The van der Waals surface area contributed by atoms with Crippen LogP contribution in [0.4, 0.5) is 5.69 Å². The van der Waals surface area contributed by atoms with Crippen LogP contribution in [-0.2, 0) is 0 Å². The summed E-state index contributed by atoms with van der Waals surface area (Å²) in [5.74, 6) is 0. The zero-order valence-electron chi connectivity index (χ0n) is 10.6. The standard InChI is InChI=1S/C15H19N3/c1-2-7-11-14-15(12-8-3-1)18(17-16-14)13-9-5-4-6-10-13/h4-6,9-11,15H,1-3,7-8,12H2/b14-11+/t15-/m0/s1. The van der Waals surface area contributed by atoms with E-state index in [1.165, 1.54) is 31.4 Å². The van der Waals surface area contributed by atoms with Gasteiger partial charge in [0.05, 0.1) is 17.4 Å². The van der Waals surface area contributed by atoms with Gasteiger partial charge in [0.2, 0.25) is 0 Å². The van der Waals surface area contributed by atoms with Crippen LogP contribution in [0.1, 0.15) is 38.5 Å². The molecule has 94 valence electrons. The van der Waals surface area contributed by atoms with Crippen LogP contribution in [0.25, 0.3) is 0 Å². The van der Waals surface area contributed by atoms with Gasteiger partial charge in [-0.05, 0) is 31.4 Å². The van der Waals surface area contributed by atoms with Crippen LogP contribution in [0.3, 0.4) is 0 Å². The molecule has 0 aromatic heterocycles. The Hall–Kier alpha value is -1.64. The van der Waals surface area contributed by atoms with Crippen LogP contribution in [0.2, 0.25) is 0 Å². The molecule has 0 bridgehead atoms. The van der Waals surface area contributed by atoms with E-state index in [4.69, 9.17) is 0 Å². The molecule has 1 aliphatic carbocycles. The second-order valence-corrected chi connectivity index (χ2v) is 5.01. The molecule has 0 fully saturated rings. The monoisotopic (exact) mass is 241 g/mol. The van der Waals surface area contributed by atoms with Crippen molar-refractivity contribution < 1.29 is 0 Å². The molecular formula is C15H19N3. The van der Waals surface area contributed by atoms with Crippen molar-refractivity contribution in [2.75, 3.05) is 5.01 Å². The molecular weight excluding hydrogens is 222 g/mol. The Bertz CT molecular complexity index is 450. The normalized spacial score (nSPS) is 26.8. The van der Waals surface area contributed by atoms with Gasteiger partial charge in [-0.1, -0.05) is 48.8 Å². The van der Waals surface area contributed by atoms with E-state index in [2.05, 4.69) is 45.7 Å². The fraction of sp³-hybridized carbons (Fsp3) is 0.467. The molecule has 0 radical (unpaired) electrons. The number of para-hydroxylation sites is 1. The zero-order valence-corrected chi connectivity index (χ0v) is 10.6. The zero-order chi connectivity index (χ0) is 12.2. The maximum absolute atomic E-state index is 4.37. The summed E-state index contributed by atoms with van der Waals surface area (Å²) in [4.78, 5) is 0. The molecule has 0 spiro atoms. The summed E-state index contributed by atoms with van der Waals surface area (Å²) in [5.41, 5.74) is 2.31. The van der Waals surface area contributed by atoms with E-state index in [0.29, 0.717) is 6.04 Å².